The average Bonchev–Trinajstić information content (AvgIpc) is 1.99. The quantitative estimate of drug-likeness (QED) is 0.498. The van der Waals surface area contributed by atoms with Gasteiger partial charge in [0.1, 0.15) is 12.2 Å². The van der Waals surface area contributed by atoms with Crippen LogP contribution in [-0.2, 0) is 14.3 Å². The second kappa shape index (κ2) is 3.40. The van der Waals surface area contributed by atoms with Crippen LogP contribution >= 0.6 is 0 Å². The van der Waals surface area contributed by atoms with Crippen LogP contribution in [0.25, 0.3) is 0 Å². The van der Waals surface area contributed by atoms with Gasteiger partial charge in [0.15, 0.2) is 0 Å². The van der Waals surface area contributed by atoms with E-state index in [1.165, 1.54) is 0 Å². The zero-order chi connectivity index (χ0) is 10.1. The topological polar surface area (TPSA) is 43.4 Å². The number of methoxy groups -OCH3 is 1. The van der Waals surface area contributed by atoms with Crippen molar-refractivity contribution in [1.29, 1.82) is 0 Å². The van der Waals surface area contributed by atoms with Crippen LogP contribution in [0.5, 0.6) is 0 Å². The van der Waals surface area contributed by atoms with E-state index in [1.54, 1.807) is 0 Å². The molecule has 0 heterocycles. The number of hydrogen-bond acceptors (Lipinski definition) is 3. The second-order valence-electron chi connectivity index (χ2n) is 3.18. The highest BCUT2D eigenvalue weighted by atomic mass is 19.3. The summed E-state index contributed by atoms with van der Waals surface area (Å²) in [6, 6.07) is 0. The van der Waals surface area contributed by atoms with Crippen LogP contribution in [0, 0.1) is 5.92 Å². The Morgan fingerprint density at radius 1 is 1.46 bits per heavy atom. The molecule has 1 rings (SSSR count). The molecular formula is C8H10F2O3. The predicted molar refractivity (Wildman–Crippen MR) is 39.3 cm³/mol. The molecule has 0 atom stereocenters. The van der Waals surface area contributed by atoms with Crippen LogP contribution in [0.4, 0.5) is 8.78 Å². The number of Topliss-reactive ketones (excluding diaryl/α,β-unsaturated/α-hetero) is 1. The van der Waals surface area contributed by atoms with Gasteiger partial charge in [0.25, 0.3) is 0 Å². The smallest absolute Gasteiger partial charge is 0.313 e. The number of hydrogen-bond donors (Lipinski definition) is 0. The van der Waals surface area contributed by atoms with Crippen molar-refractivity contribution in [3.8, 4) is 0 Å². The molecule has 0 aromatic rings. The molecule has 0 radical (unpaired) electrons. The highest BCUT2D eigenvalue weighted by molar-refractivity contribution is 5.97. The molecule has 0 bridgehead atoms. The highest BCUT2D eigenvalue weighted by Crippen LogP contribution is 2.43. The van der Waals surface area contributed by atoms with Crippen molar-refractivity contribution in [2.45, 2.75) is 25.2 Å². The Bertz CT molecular complexity index is 230. The number of ketones is 1. The van der Waals surface area contributed by atoms with Gasteiger partial charge in [0, 0.05) is 18.8 Å². The van der Waals surface area contributed by atoms with Crippen LogP contribution < -0.4 is 0 Å². The summed E-state index contributed by atoms with van der Waals surface area (Å²) in [5.41, 5.74) is 0. The number of carbonyl (C=O) groups excluding carboxylic acids is 2. The molecule has 0 N–H and O–H groups in total. The molecule has 0 aromatic heterocycles. The van der Waals surface area contributed by atoms with Gasteiger partial charge in [-0.05, 0) is 0 Å². The Morgan fingerprint density at radius 2 is 2.00 bits per heavy atom. The Kier molecular flexibility index (Phi) is 2.63. The summed E-state index contributed by atoms with van der Waals surface area (Å²) in [6.07, 6.45) is -1.25. The van der Waals surface area contributed by atoms with E-state index in [0.29, 0.717) is 0 Å². The number of alkyl halides is 2. The first-order valence-electron chi connectivity index (χ1n) is 3.92. The van der Waals surface area contributed by atoms with E-state index in [-0.39, 0.29) is 0 Å². The van der Waals surface area contributed by atoms with Crippen molar-refractivity contribution < 1.29 is 23.1 Å². The first kappa shape index (κ1) is 10.1. The molecule has 3 nitrogen and oxygen atoms in total. The molecule has 1 aliphatic rings. The molecule has 13 heavy (non-hydrogen) atoms. The molecule has 1 saturated carbocycles. The Hall–Kier alpha value is -1.00. The van der Waals surface area contributed by atoms with Gasteiger partial charge in [-0.25, -0.2) is 8.78 Å². The van der Waals surface area contributed by atoms with Gasteiger partial charge in [-0.1, -0.05) is 0 Å². The molecule has 74 valence electrons. The zero-order valence-electron chi connectivity index (χ0n) is 7.18. The molecule has 1 fully saturated rings. The predicted octanol–water partition coefficient (Wildman–Crippen LogP) is 1.16. The fourth-order valence-electron chi connectivity index (χ4n) is 1.25. The monoisotopic (exact) mass is 192 g/mol. The summed E-state index contributed by atoms with van der Waals surface area (Å²) in [7, 11) is 1.16. The maximum Gasteiger partial charge on any atom is 0.313 e. The number of rotatable bonds is 3. The summed E-state index contributed by atoms with van der Waals surface area (Å²) in [5.74, 6) is -4.48. The molecule has 0 saturated heterocycles. The lowest BCUT2D eigenvalue weighted by atomic mass is 9.78. The van der Waals surface area contributed by atoms with Crippen LogP contribution in [0.15, 0.2) is 0 Å². The van der Waals surface area contributed by atoms with Crippen molar-refractivity contribution in [3.63, 3.8) is 0 Å². The number of carbonyl (C=O) groups is 2. The Morgan fingerprint density at radius 3 is 2.38 bits per heavy atom. The van der Waals surface area contributed by atoms with Gasteiger partial charge < -0.3 is 4.74 Å². The van der Waals surface area contributed by atoms with Gasteiger partial charge in [-0.15, -0.1) is 0 Å². The Labute approximate surface area is 74.1 Å². The molecule has 5 heteroatoms. The summed E-state index contributed by atoms with van der Waals surface area (Å²) < 4.78 is 28.8. The lowest BCUT2D eigenvalue weighted by Gasteiger charge is -2.33. The number of halogens is 2. The van der Waals surface area contributed by atoms with Crippen molar-refractivity contribution in [1.82, 2.24) is 0 Å². The van der Waals surface area contributed by atoms with E-state index in [4.69, 9.17) is 0 Å². The van der Waals surface area contributed by atoms with Crippen LogP contribution in [0.2, 0.25) is 0 Å². The van der Waals surface area contributed by atoms with Gasteiger partial charge in [-0.2, -0.15) is 0 Å². The fourth-order valence-corrected chi connectivity index (χ4v) is 1.25. The van der Waals surface area contributed by atoms with Crippen molar-refractivity contribution in [3.05, 3.63) is 0 Å². The lowest BCUT2D eigenvalue weighted by molar-refractivity contribution is -0.154. The maximum atomic E-state index is 12.3. The molecule has 0 spiro atoms. The third-order valence-corrected chi connectivity index (χ3v) is 2.09. The minimum Gasteiger partial charge on any atom is -0.469 e. The SMILES string of the molecule is COC(=O)CC(=O)C1CC(F)(F)C1. The van der Waals surface area contributed by atoms with Crippen LogP contribution in [0.3, 0.4) is 0 Å². The van der Waals surface area contributed by atoms with Crippen molar-refractivity contribution in [2.75, 3.05) is 7.11 Å². The molecule has 0 unspecified atom stereocenters. The Balaban J connectivity index is 2.31. The summed E-state index contributed by atoms with van der Waals surface area (Å²) in [4.78, 5) is 21.6. The second-order valence-corrected chi connectivity index (χ2v) is 3.18. The first-order chi connectivity index (χ1) is 5.94. The number of ether oxygens (including phenoxy) is 1. The average molecular weight is 192 g/mol. The van der Waals surface area contributed by atoms with Gasteiger partial charge in [0.2, 0.25) is 5.92 Å². The zero-order valence-corrected chi connectivity index (χ0v) is 7.18. The highest BCUT2D eigenvalue weighted by Gasteiger charge is 2.48. The van der Waals surface area contributed by atoms with E-state index >= 15 is 0 Å². The molecule has 0 aliphatic heterocycles. The fraction of sp³-hybridized carbons (Fsp3) is 0.750. The van der Waals surface area contributed by atoms with Crippen LogP contribution in [-0.4, -0.2) is 24.8 Å². The van der Waals surface area contributed by atoms with E-state index in [2.05, 4.69) is 4.74 Å². The molecule has 0 aromatic carbocycles. The first-order valence-corrected chi connectivity index (χ1v) is 3.92. The minimum absolute atomic E-state index is 0.392. The van der Waals surface area contributed by atoms with E-state index in [0.717, 1.165) is 7.11 Å². The number of esters is 1. The third-order valence-electron chi connectivity index (χ3n) is 2.09. The largest absolute Gasteiger partial charge is 0.469 e. The maximum absolute atomic E-state index is 12.3. The molecule has 1 aliphatic carbocycles. The summed E-state index contributed by atoms with van der Waals surface area (Å²) in [6.45, 7) is 0. The van der Waals surface area contributed by atoms with E-state index < -0.39 is 42.9 Å². The lowest BCUT2D eigenvalue weighted by Crippen LogP contribution is -2.40. The van der Waals surface area contributed by atoms with Gasteiger partial charge >= 0.3 is 5.97 Å². The van der Waals surface area contributed by atoms with E-state index in [1.807, 2.05) is 0 Å². The molecule has 0 amide bonds. The van der Waals surface area contributed by atoms with Crippen LogP contribution in [0.1, 0.15) is 19.3 Å². The minimum atomic E-state index is -2.71. The molecular weight excluding hydrogens is 182 g/mol. The normalized spacial score (nSPS) is 20.5. The van der Waals surface area contributed by atoms with Crippen molar-refractivity contribution in [2.24, 2.45) is 5.92 Å². The standard InChI is InChI=1S/C8H10F2O3/c1-13-7(12)2-6(11)5-3-8(9,10)4-5/h5H,2-4H2,1H3. The van der Waals surface area contributed by atoms with Gasteiger partial charge in [0.05, 0.1) is 7.11 Å². The summed E-state index contributed by atoms with van der Waals surface area (Å²) in [5, 5.41) is 0. The van der Waals surface area contributed by atoms with Gasteiger partial charge in [-0.3, -0.25) is 9.59 Å². The third kappa shape index (κ3) is 2.47. The summed E-state index contributed by atoms with van der Waals surface area (Å²) >= 11 is 0. The van der Waals surface area contributed by atoms with Crippen molar-refractivity contribution >= 4 is 11.8 Å². The van der Waals surface area contributed by atoms with E-state index in [9.17, 15) is 18.4 Å².